The van der Waals surface area contributed by atoms with Crippen LogP contribution in [0.25, 0.3) is 0 Å². The number of anilines is 2. The van der Waals surface area contributed by atoms with Gasteiger partial charge in [0.05, 0.1) is 10.6 Å². The van der Waals surface area contributed by atoms with E-state index in [-0.39, 0.29) is 10.6 Å². The second kappa shape index (κ2) is 10.1. The first-order chi connectivity index (χ1) is 14.9. The second-order valence-corrected chi connectivity index (χ2v) is 8.77. The Morgan fingerprint density at radius 1 is 0.871 bits per heavy atom. The molecule has 0 fully saturated rings. The third-order valence-electron chi connectivity index (χ3n) is 4.70. The van der Waals surface area contributed by atoms with Crippen LogP contribution in [0.3, 0.4) is 0 Å². The van der Waals surface area contributed by atoms with E-state index in [9.17, 15) is 17.6 Å². The van der Waals surface area contributed by atoms with Crippen molar-refractivity contribution < 1.29 is 17.6 Å². The SMILES string of the molecule is CN(CCNC(=O)CN(c1ccc(F)cc1)S(=O)(=O)c1ccccc1)c1ccccc1. The van der Waals surface area contributed by atoms with Gasteiger partial charge in [0, 0.05) is 25.8 Å². The molecule has 0 saturated carbocycles. The maximum Gasteiger partial charge on any atom is 0.264 e. The third-order valence-corrected chi connectivity index (χ3v) is 6.49. The van der Waals surface area contributed by atoms with E-state index in [0.717, 1.165) is 22.1 Å². The van der Waals surface area contributed by atoms with E-state index < -0.39 is 28.3 Å². The van der Waals surface area contributed by atoms with E-state index in [1.807, 2.05) is 42.3 Å². The van der Waals surface area contributed by atoms with Crippen LogP contribution in [0.1, 0.15) is 0 Å². The van der Waals surface area contributed by atoms with Crippen molar-refractivity contribution in [2.75, 3.05) is 35.9 Å². The van der Waals surface area contributed by atoms with Crippen LogP contribution in [0.4, 0.5) is 15.8 Å². The van der Waals surface area contributed by atoms with Crippen LogP contribution in [0.2, 0.25) is 0 Å². The largest absolute Gasteiger partial charge is 0.373 e. The minimum absolute atomic E-state index is 0.0518. The Labute approximate surface area is 182 Å². The summed E-state index contributed by atoms with van der Waals surface area (Å²) in [6.45, 7) is 0.475. The Kier molecular flexibility index (Phi) is 7.25. The summed E-state index contributed by atoms with van der Waals surface area (Å²) in [5.41, 5.74) is 1.22. The zero-order valence-electron chi connectivity index (χ0n) is 17.1. The Bertz CT molecular complexity index is 1090. The molecule has 0 saturated heterocycles. The summed E-state index contributed by atoms with van der Waals surface area (Å²) in [6, 6.07) is 22.5. The van der Waals surface area contributed by atoms with Gasteiger partial charge >= 0.3 is 0 Å². The molecule has 0 atom stereocenters. The quantitative estimate of drug-likeness (QED) is 0.553. The van der Waals surface area contributed by atoms with Gasteiger partial charge in [0.1, 0.15) is 12.4 Å². The Morgan fingerprint density at radius 2 is 1.45 bits per heavy atom. The Balaban J connectivity index is 1.71. The number of benzene rings is 3. The van der Waals surface area contributed by atoms with Gasteiger partial charge in [-0.25, -0.2) is 12.8 Å². The molecule has 8 heteroatoms. The zero-order chi connectivity index (χ0) is 22.3. The van der Waals surface area contributed by atoms with Crippen molar-refractivity contribution in [2.24, 2.45) is 0 Å². The average Bonchev–Trinajstić information content (AvgIpc) is 2.79. The minimum Gasteiger partial charge on any atom is -0.373 e. The molecule has 0 heterocycles. The molecule has 1 amide bonds. The molecular formula is C23H24FN3O3S. The molecule has 6 nitrogen and oxygen atoms in total. The summed E-state index contributed by atoms with van der Waals surface area (Å²) in [7, 11) is -2.10. The number of amides is 1. The molecule has 0 aliphatic rings. The summed E-state index contributed by atoms with van der Waals surface area (Å²) in [4.78, 5) is 14.6. The van der Waals surface area contributed by atoms with Gasteiger partial charge in [-0.3, -0.25) is 9.10 Å². The maximum atomic E-state index is 13.4. The normalized spacial score (nSPS) is 11.0. The van der Waals surface area contributed by atoms with E-state index in [0.29, 0.717) is 13.1 Å². The third kappa shape index (κ3) is 5.82. The maximum absolute atomic E-state index is 13.4. The highest BCUT2D eigenvalue weighted by molar-refractivity contribution is 7.92. The number of para-hydroxylation sites is 1. The van der Waals surface area contributed by atoms with Crippen molar-refractivity contribution in [3.05, 3.63) is 90.7 Å². The smallest absolute Gasteiger partial charge is 0.264 e. The number of likely N-dealkylation sites (N-methyl/N-ethyl adjacent to an activating group) is 1. The highest BCUT2D eigenvalue weighted by atomic mass is 32.2. The fourth-order valence-corrected chi connectivity index (χ4v) is 4.45. The second-order valence-electron chi connectivity index (χ2n) is 6.91. The highest BCUT2D eigenvalue weighted by Crippen LogP contribution is 2.23. The van der Waals surface area contributed by atoms with Gasteiger partial charge in [-0.2, -0.15) is 0 Å². The number of nitrogens with one attached hydrogen (secondary N) is 1. The number of carbonyl (C=O) groups excluding carboxylic acids is 1. The predicted octanol–water partition coefficient (Wildman–Crippen LogP) is 3.27. The van der Waals surface area contributed by atoms with Crippen LogP contribution >= 0.6 is 0 Å². The van der Waals surface area contributed by atoms with Gasteiger partial charge in [-0.15, -0.1) is 0 Å². The molecule has 0 spiro atoms. The monoisotopic (exact) mass is 441 g/mol. The summed E-state index contributed by atoms with van der Waals surface area (Å²) < 4.78 is 40.7. The molecule has 0 radical (unpaired) electrons. The van der Waals surface area contributed by atoms with Gasteiger partial charge in [0.15, 0.2) is 0 Å². The van der Waals surface area contributed by atoms with Crippen molar-refractivity contribution >= 4 is 27.3 Å². The lowest BCUT2D eigenvalue weighted by molar-refractivity contribution is -0.119. The standard InChI is InChI=1S/C23H24FN3O3S/c1-26(20-8-4-2-5-9-20)17-16-25-23(28)18-27(21-14-12-19(24)13-15-21)31(29,30)22-10-6-3-7-11-22/h2-15H,16-18H2,1H3,(H,25,28). The molecule has 3 aromatic carbocycles. The number of hydrogen-bond acceptors (Lipinski definition) is 4. The van der Waals surface area contributed by atoms with Crippen LogP contribution in [-0.2, 0) is 14.8 Å². The predicted molar refractivity (Wildman–Crippen MR) is 120 cm³/mol. The number of rotatable bonds is 9. The lowest BCUT2D eigenvalue weighted by atomic mass is 10.3. The molecule has 0 unspecified atom stereocenters. The van der Waals surface area contributed by atoms with Crippen LogP contribution in [0.15, 0.2) is 89.8 Å². The summed E-state index contributed by atoms with van der Waals surface area (Å²) in [5, 5.41) is 2.76. The summed E-state index contributed by atoms with van der Waals surface area (Å²) >= 11 is 0. The molecule has 3 rings (SSSR count). The van der Waals surface area contributed by atoms with Crippen molar-refractivity contribution in [1.29, 1.82) is 0 Å². The fourth-order valence-electron chi connectivity index (χ4n) is 3.00. The highest BCUT2D eigenvalue weighted by Gasteiger charge is 2.27. The molecule has 0 aliphatic heterocycles. The van der Waals surface area contributed by atoms with E-state index in [2.05, 4.69) is 5.32 Å². The molecule has 3 aromatic rings. The molecule has 0 aromatic heterocycles. The van der Waals surface area contributed by atoms with Crippen molar-refractivity contribution in [3.8, 4) is 0 Å². The summed E-state index contributed by atoms with van der Waals surface area (Å²) in [5.74, 6) is -0.945. The van der Waals surface area contributed by atoms with Crippen LogP contribution < -0.4 is 14.5 Å². The van der Waals surface area contributed by atoms with Gasteiger partial charge in [-0.1, -0.05) is 36.4 Å². The lowest BCUT2D eigenvalue weighted by Crippen LogP contribution is -2.42. The van der Waals surface area contributed by atoms with Gasteiger partial charge in [0.2, 0.25) is 5.91 Å². The number of sulfonamides is 1. The molecule has 0 bridgehead atoms. The Morgan fingerprint density at radius 3 is 2.06 bits per heavy atom. The van der Waals surface area contributed by atoms with E-state index in [4.69, 9.17) is 0 Å². The lowest BCUT2D eigenvalue weighted by Gasteiger charge is -2.24. The van der Waals surface area contributed by atoms with Crippen molar-refractivity contribution in [1.82, 2.24) is 5.32 Å². The first kappa shape index (κ1) is 22.3. The van der Waals surface area contributed by atoms with Crippen molar-refractivity contribution in [2.45, 2.75) is 4.90 Å². The average molecular weight is 442 g/mol. The van der Waals surface area contributed by atoms with Crippen LogP contribution in [0.5, 0.6) is 0 Å². The number of halogens is 1. The van der Waals surface area contributed by atoms with Gasteiger partial charge < -0.3 is 10.2 Å². The Hall–Kier alpha value is -3.39. The molecule has 162 valence electrons. The van der Waals surface area contributed by atoms with Crippen LogP contribution in [-0.4, -0.2) is 41.0 Å². The minimum atomic E-state index is -4.01. The van der Waals surface area contributed by atoms with E-state index in [1.165, 1.54) is 24.3 Å². The number of nitrogens with zero attached hydrogens (tertiary/aromatic N) is 2. The van der Waals surface area contributed by atoms with Gasteiger partial charge in [0.25, 0.3) is 10.0 Å². The fraction of sp³-hybridized carbons (Fsp3) is 0.174. The molecule has 1 N–H and O–H groups in total. The number of hydrogen-bond donors (Lipinski definition) is 1. The van der Waals surface area contributed by atoms with Crippen molar-refractivity contribution in [3.63, 3.8) is 0 Å². The molecule has 0 aliphatic carbocycles. The van der Waals surface area contributed by atoms with Crippen LogP contribution in [0, 0.1) is 5.82 Å². The first-order valence-corrected chi connectivity index (χ1v) is 11.2. The summed E-state index contributed by atoms with van der Waals surface area (Å²) in [6.07, 6.45) is 0. The topological polar surface area (TPSA) is 69.7 Å². The molecule has 31 heavy (non-hydrogen) atoms. The first-order valence-electron chi connectivity index (χ1n) is 9.74. The van der Waals surface area contributed by atoms with Gasteiger partial charge in [-0.05, 0) is 48.5 Å². The zero-order valence-corrected chi connectivity index (χ0v) is 17.9. The molecular weight excluding hydrogens is 417 g/mol. The van der Waals surface area contributed by atoms with E-state index >= 15 is 0 Å². The van der Waals surface area contributed by atoms with E-state index in [1.54, 1.807) is 18.2 Å². The number of carbonyl (C=O) groups is 1.